The van der Waals surface area contributed by atoms with Crippen molar-refractivity contribution in [3.63, 3.8) is 0 Å². The molecule has 2 aromatic rings. The summed E-state index contributed by atoms with van der Waals surface area (Å²) < 4.78 is 6.35. The molecule has 0 aromatic carbocycles. The van der Waals surface area contributed by atoms with E-state index in [0.717, 1.165) is 6.42 Å². The third kappa shape index (κ3) is 2.73. The van der Waals surface area contributed by atoms with Crippen LogP contribution in [0.1, 0.15) is 21.7 Å². The first kappa shape index (κ1) is 14.7. The molecule has 6 nitrogen and oxygen atoms in total. The smallest absolute Gasteiger partial charge is 0.262 e. The van der Waals surface area contributed by atoms with Gasteiger partial charge in [0.2, 0.25) is 0 Å². The van der Waals surface area contributed by atoms with Gasteiger partial charge in [-0.05, 0) is 18.9 Å². The van der Waals surface area contributed by atoms with Crippen molar-refractivity contribution in [3.05, 3.63) is 27.1 Å². The highest BCUT2D eigenvalue weighted by molar-refractivity contribution is 7.20. The minimum absolute atomic E-state index is 0.123. The first-order valence-corrected chi connectivity index (χ1v) is 7.09. The van der Waals surface area contributed by atoms with Gasteiger partial charge in [0.05, 0.1) is 16.6 Å². The summed E-state index contributed by atoms with van der Waals surface area (Å²) in [6.45, 7) is 2.94. The topological polar surface area (TPSA) is 73.2 Å². The van der Waals surface area contributed by atoms with Crippen LogP contribution in [0, 0.1) is 6.92 Å². The Morgan fingerprint density at radius 2 is 2.30 bits per heavy atom. The van der Waals surface area contributed by atoms with E-state index in [4.69, 9.17) is 4.74 Å². The van der Waals surface area contributed by atoms with Gasteiger partial charge in [-0.15, -0.1) is 11.3 Å². The van der Waals surface area contributed by atoms with Crippen LogP contribution in [0.25, 0.3) is 10.2 Å². The molecule has 2 aromatic heterocycles. The van der Waals surface area contributed by atoms with Crippen molar-refractivity contribution in [2.24, 2.45) is 7.05 Å². The first-order valence-electron chi connectivity index (χ1n) is 6.28. The van der Waals surface area contributed by atoms with Crippen molar-refractivity contribution >= 4 is 27.5 Å². The van der Waals surface area contributed by atoms with Crippen LogP contribution in [-0.4, -0.2) is 35.7 Å². The van der Waals surface area contributed by atoms with Crippen LogP contribution in [-0.2, 0) is 11.8 Å². The van der Waals surface area contributed by atoms with Crippen molar-refractivity contribution in [1.29, 1.82) is 0 Å². The third-order valence-electron chi connectivity index (χ3n) is 3.03. The summed E-state index contributed by atoms with van der Waals surface area (Å²) in [4.78, 5) is 29.5. The molecule has 108 valence electrons. The number of aryl methyl sites for hydroxylation is 2. The first-order chi connectivity index (χ1) is 9.56. The molecule has 0 atom stereocenters. The van der Waals surface area contributed by atoms with E-state index in [2.05, 4.69) is 10.3 Å². The Morgan fingerprint density at radius 1 is 1.55 bits per heavy atom. The minimum atomic E-state index is -0.163. The molecular formula is C13H17N3O3S. The van der Waals surface area contributed by atoms with Crippen LogP contribution in [0.15, 0.2) is 11.1 Å². The van der Waals surface area contributed by atoms with E-state index in [9.17, 15) is 9.59 Å². The highest BCUT2D eigenvalue weighted by Gasteiger charge is 2.18. The monoisotopic (exact) mass is 295 g/mol. The van der Waals surface area contributed by atoms with Crippen molar-refractivity contribution < 1.29 is 9.53 Å². The molecule has 0 spiro atoms. The molecule has 0 saturated heterocycles. The lowest BCUT2D eigenvalue weighted by atomic mass is 10.2. The van der Waals surface area contributed by atoms with E-state index in [-0.39, 0.29) is 11.5 Å². The molecule has 0 saturated carbocycles. The lowest BCUT2D eigenvalue weighted by Gasteiger charge is -2.03. The zero-order valence-electron chi connectivity index (χ0n) is 11.7. The summed E-state index contributed by atoms with van der Waals surface area (Å²) in [5.74, 6) is -0.163. The van der Waals surface area contributed by atoms with Crippen molar-refractivity contribution in [1.82, 2.24) is 14.9 Å². The highest BCUT2D eigenvalue weighted by Crippen LogP contribution is 2.26. The van der Waals surface area contributed by atoms with Crippen molar-refractivity contribution in [3.8, 4) is 0 Å². The molecule has 0 aliphatic carbocycles. The SMILES string of the molecule is COCCCNC(=O)c1sc2ncn(C)c(=O)c2c1C. The second-order valence-electron chi connectivity index (χ2n) is 4.50. The predicted molar refractivity (Wildman–Crippen MR) is 78.4 cm³/mol. The molecule has 7 heteroatoms. The Bertz CT molecular complexity index is 690. The van der Waals surface area contributed by atoms with E-state index in [1.165, 1.54) is 22.2 Å². The molecule has 0 unspecified atom stereocenters. The molecule has 1 amide bonds. The van der Waals surface area contributed by atoms with Crippen LogP contribution in [0.3, 0.4) is 0 Å². The molecule has 1 N–H and O–H groups in total. The Morgan fingerprint density at radius 3 is 3.00 bits per heavy atom. The summed E-state index contributed by atoms with van der Waals surface area (Å²) in [6.07, 6.45) is 2.23. The summed E-state index contributed by atoms with van der Waals surface area (Å²) in [6, 6.07) is 0. The molecule has 0 aliphatic heterocycles. The van der Waals surface area contributed by atoms with Gasteiger partial charge in [0.15, 0.2) is 0 Å². The van der Waals surface area contributed by atoms with Crippen LogP contribution >= 0.6 is 11.3 Å². The second-order valence-corrected chi connectivity index (χ2v) is 5.50. The van der Waals surface area contributed by atoms with Crippen LogP contribution in [0.5, 0.6) is 0 Å². The average molecular weight is 295 g/mol. The van der Waals surface area contributed by atoms with E-state index >= 15 is 0 Å². The molecule has 0 radical (unpaired) electrons. The fraction of sp³-hybridized carbons (Fsp3) is 0.462. The quantitative estimate of drug-likeness (QED) is 0.837. The maximum Gasteiger partial charge on any atom is 0.262 e. The number of hydrogen-bond acceptors (Lipinski definition) is 5. The summed E-state index contributed by atoms with van der Waals surface area (Å²) in [5, 5.41) is 3.35. The van der Waals surface area contributed by atoms with Gasteiger partial charge < -0.3 is 14.6 Å². The van der Waals surface area contributed by atoms with E-state index in [1.807, 2.05) is 0 Å². The van der Waals surface area contributed by atoms with Crippen molar-refractivity contribution in [2.75, 3.05) is 20.3 Å². The lowest BCUT2D eigenvalue weighted by Crippen LogP contribution is -2.25. The molecule has 2 heterocycles. The van der Waals surface area contributed by atoms with Gasteiger partial charge in [0.1, 0.15) is 4.83 Å². The molecule has 0 fully saturated rings. The van der Waals surface area contributed by atoms with Gasteiger partial charge in [0, 0.05) is 27.3 Å². The number of aromatic nitrogens is 2. The number of fused-ring (bicyclic) bond motifs is 1. The molecule has 0 aliphatic rings. The fourth-order valence-corrected chi connectivity index (χ4v) is 2.98. The average Bonchev–Trinajstić information content (AvgIpc) is 2.77. The Kier molecular flexibility index (Phi) is 4.51. The Balaban J connectivity index is 2.27. The third-order valence-corrected chi connectivity index (χ3v) is 4.23. The van der Waals surface area contributed by atoms with Crippen LogP contribution in [0.4, 0.5) is 0 Å². The number of hydrogen-bond donors (Lipinski definition) is 1. The van der Waals surface area contributed by atoms with E-state index in [0.29, 0.717) is 33.8 Å². The number of ether oxygens (including phenoxy) is 1. The van der Waals surface area contributed by atoms with Gasteiger partial charge in [0.25, 0.3) is 11.5 Å². The molecule has 2 rings (SSSR count). The van der Waals surface area contributed by atoms with Gasteiger partial charge in [-0.3, -0.25) is 9.59 Å². The Labute approximate surface area is 120 Å². The van der Waals surface area contributed by atoms with E-state index in [1.54, 1.807) is 21.1 Å². The summed E-state index contributed by atoms with van der Waals surface area (Å²) in [7, 11) is 3.27. The van der Waals surface area contributed by atoms with E-state index < -0.39 is 0 Å². The van der Waals surface area contributed by atoms with Gasteiger partial charge in [-0.2, -0.15) is 0 Å². The van der Waals surface area contributed by atoms with Gasteiger partial charge >= 0.3 is 0 Å². The number of amides is 1. The number of rotatable bonds is 5. The number of nitrogens with one attached hydrogen (secondary N) is 1. The molecule has 0 bridgehead atoms. The Hall–Kier alpha value is -1.73. The number of methoxy groups -OCH3 is 1. The zero-order valence-corrected chi connectivity index (χ0v) is 12.5. The predicted octanol–water partition coefficient (Wildman–Crippen LogP) is 1.07. The van der Waals surface area contributed by atoms with Gasteiger partial charge in [-0.1, -0.05) is 0 Å². The number of carbonyl (C=O) groups excluding carboxylic acids is 1. The van der Waals surface area contributed by atoms with Crippen LogP contribution in [0.2, 0.25) is 0 Å². The maximum absolute atomic E-state index is 12.1. The lowest BCUT2D eigenvalue weighted by molar-refractivity contribution is 0.0952. The summed E-state index contributed by atoms with van der Waals surface area (Å²) >= 11 is 1.25. The van der Waals surface area contributed by atoms with Gasteiger partial charge in [-0.25, -0.2) is 4.98 Å². The zero-order chi connectivity index (χ0) is 14.7. The minimum Gasteiger partial charge on any atom is -0.385 e. The molecule has 20 heavy (non-hydrogen) atoms. The number of thiophene rings is 1. The van der Waals surface area contributed by atoms with Crippen LogP contribution < -0.4 is 10.9 Å². The highest BCUT2D eigenvalue weighted by atomic mass is 32.1. The maximum atomic E-state index is 12.1. The summed E-state index contributed by atoms with van der Waals surface area (Å²) in [5.41, 5.74) is 0.574. The fourth-order valence-electron chi connectivity index (χ4n) is 1.92. The van der Waals surface area contributed by atoms with Crippen molar-refractivity contribution in [2.45, 2.75) is 13.3 Å². The standard InChI is InChI=1S/C13H17N3O3S/c1-8-9-12(15-7-16(2)13(9)18)20-10(8)11(17)14-5-4-6-19-3/h7H,4-6H2,1-3H3,(H,14,17). The number of carbonyl (C=O) groups is 1. The second kappa shape index (κ2) is 6.15. The molecular weight excluding hydrogens is 278 g/mol. The number of nitrogens with zero attached hydrogens (tertiary/aromatic N) is 2. The normalized spacial score (nSPS) is 10.9. The largest absolute Gasteiger partial charge is 0.385 e.